The Hall–Kier alpha value is -0.280. The van der Waals surface area contributed by atoms with Crippen molar-refractivity contribution in [3.63, 3.8) is 0 Å². The molecule has 0 aromatic carbocycles. The topological polar surface area (TPSA) is 41.8 Å². The normalized spacial score (nSPS) is 18.2. The van der Waals surface area contributed by atoms with Gasteiger partial charge in [0.15, 0.2) is 5.96 Å². The van der Waals surface area contributed by atoms with Crippen LogP contribution < -0.4 is 5.32 Å². The molecule has 0 spiro atoms. The van der Waals surface area contributed by atoms with Gasteiger partial charge in [0.05, 0.1) is 19.2 Å². The Balaban J connectivity index is 0.00000242. The van der Waals surface area contributed by atoms with Crippen LogP contribution in [0.2, 0.25) is 0 Å². The van der Waals surface area contributed by atoms with E-state index in [1.165, 1.54) is 5.69 Å². The van der Waals surface area contributed by atoms with Gasteiger partial charge in [-0.1, -0.05) is 0 Å². The molecule has 0 bridgehead atoms. The Bertz CT molecular complexity index is 486. The quantitative estimate of drug-likeness (QED) is 0.397. The Morgan fingerprint density at radius 3 is 2.91 bits per heavy atom. The van der Waals surface area contributed by atoms with Crippen molar-refractivity contribution in [1.29, 1.82) is 0 Å². The number of guanidine groups is 1. The molecule has 1 aromatic rings. The number of rotatable bonds is 5. The maximum absolute atomic E-state index is 5.64. The maximum Gasteiger partial charge on any atom is 0.194 e. The highest BCUT2D eigenvalue weighted by molar-refractivity contribution is 14.0. The van der Waals surface area contributed by atoms with E-state index in [1.54, 1.807) is 0 Å². The minimum absolute atomic E-state index is 0. The van der Waals surface area contributed by atoms with Crippen molar-refractivity contribution < 1.29 is 4.74 Å². The van der Waals surface area contributed by atoms with Crippen molar-refractivity contribution >= 4 is 45.9 Å². The molecule has 2 rings (SSSR count). The van der Waals surface area contributed by atoms with E-state index in [1.807, 2.05) is 0 Å². The van der Waals surface area contributed by atoms with Crippen LogP contribution in [-0.4, -0.2) is 48.3 Å². The number of aromatic nitrogens is 1. The lowest BCUT2D eigenvalue weighted by molar-refractivity contribution is 0.117. The number of ether oxygens (including phenoxy) is 1. The van der Waals surface area contributed by atoms with Crippen LogP contribution >= 0.6 is 39.9 Å². The molecule has 1 atom stereocenters. The molecule has 1 unspecified atom stereocenters. The standard InChI is InChI=1S/C15H25BrN4O.HI/c1-4-17-15(18-9-14-6-5-7-21-14)20(3)11-13-8-12(16)10-19(13)2;/h8,10,14H,4-7,9,11H2,1-3H3,(H,17,18);1H. The Kier molecular flexibility index (Phi) is 8.78. The monoisotopic (exact) mass is 484 g/mol. The van der Waals surface area contributed by atoms with E-state index in [0.717, 1.165) is 49.5 Å². The molecule has 0 amide bonds. The summed E-state index contributed by atoms with van der Waals surface area (Å²) in [6, 6.07) is 2.14. The van der Waals surface area contributed by atoms with E-state index in [4.69, 9.17) is 9.73 Å². The van der Waals surface area contributed by atoms with Gasteiger partial charge in [0, 0.05) is 43.6 Å². The molecule has 1 fully saturated rings. The van der Waals surface area contributed by atoms with Gasteiger partial charge in [-0.05, 0) is 41.8 Å². The Labute approximate surface area is 158 Å². The van der Waals surface area contributed by atoms with Gasteiger partial charge < -0.3 is 19.5 Å². The molecular formula is C15H26BrIN4O. The van der Waals surface area contributed by atoms with Crippen LogP contribution in [0.3, 0.4) is 0 Å². The molecule has 1 aliphatic heterocycles. The SMILES string of the molecule is CCNC(=NCC1CCCO1)N(C)Cc1cc(Br)cn1C.I. The van der Waals surface area contributed by atoms with Crippen LogP contribution in [0.5, 0.6) is 0 Å². The molecule has 0 radical (unpaired) electrons. The van der Waals surface area contributed by atoms with Gasteiger partial charge in [0.2, 0.25) is 0 Å². The highest BCUT2D eigenvalue weighted by Crippen LogP contribution is 2.15. The minimum Gasteiger partial charge on any atom is -0.376 e. The van der Waals surface area contributed by atoms with Gasteiger partial charge in [-0.15, -0.1) is 24.0 Å². The number of nitrogens with one attached hydrogen (secondary N) is 1. The fourth-order valence-electron chi connectivity index (χ4n) is 2.49. The van der Waals surface area contributed by atoms with Crippen LogP contribution in [0.15, 0.2) is 21.7 Å². The molecule has 2 heterocycles. The predicted octanol–water partition coefficient (Wildman–Crippen LogP) is 2.98. The zero-order valence-electron chi connectivity index (χ0n) is 13.5. The zero-order valence-corrected chi connectivity index (χ0v) is 17.4. The maximum atomic E-state index is 5.64. The van der Waals surface area contributed by atoms with E-state index in [9.17, 15) is 0 Å². The number of hydrogen-bond acceptors (Lipinski definition) is 2. The number of aliphatic imine (C=N–C) groups is 1. The highest BCUT2D eigenvalue weighted by Gasteiger charge is 2.16. The van der Waals surface area contributed by atoms with Crippen molar-refractivity contribution in [3.8, 4) is 0 Å². The van der Waals surface area contributed by atoms with E-state index in [2.05, 4.69) is 64.0 Å². The first-order valence-corrected chi connectivity index (χ1v) is 8.31. The van der Waals surface area contributed by atoms with E-state index >= 15 is 0 Å². The summed E-state index contributed by atoms with van der Waals surface area (Å²) < 4.78 is 8.87. The van der Waals surface area contributed by atoms with Crippen LogP contribution in [-0.2, 0) is 18.3 Å². The average Bonchev–Trinajstić information content (AvgIpc) is 3.05. The van der Waals surface area contributed by atoms with Crippen molar-refractivity contribution in [2.75, 3.05) is 26.7 Å². The Morgan fingerprint density at radius 2 is 2.36 bits per heavy atom. The highest BCUT2D eigenvalue weighted by atomic mass is 127. The summed E-state index contributed by atoms with van der Waals surface area (Å²) in [5.74, 6) is 0.935. The summed E-state index contributed by atoms with van der Waals surface area (Å²) in [5.41, 5.74) is 1.24. The number of aryl methyl sites for hydroxylation is 1. The van der Waals surface area contributed by atoms with Gasteiger partial charge in [-0.25, -0.2) is 0 Å². The molecular weight excluding hydrogens is 459 g/mol. The van der Waals surface area contributed by atoms with Gasteiger partial charge in [0.1, 0.15) is 0 Å². The molecule has 1 N–H and O–H groups in total. The fourth-order valence-corrected chi connectivity index (χ4v) is 3.06. The van der Waals surface area contributed by atoms with Crippen LogP contribution in [0.4, 0.5) is 0 Å². The van der Waals surface area contributed by atoms with E-state index < -0.39 is 0 Å². The van der Waals surface area contributed by atoms with E-state index in [-0.39, 0.29) is 30.1 Å². The summed E-state index contributed by atoms with van der Waals surface area (Å²) in [6.45, 7) is 5.40. The molecule has 22 heavy (non-hydrogen) atoms. The first-order chi connectivity index (χ1) is 10.1. The minimum atomic E-state index is 0. The second kappa shape index (κ2) is 9.77. The Morgan fingerprint density at radius 1 is 1.59 bits per heavy atom. The second-order valence-electron chi connectivity index (χ2n) is 5.45. The molecule has 1 aromatic heterocycles. The zero-order chi connectivity index (χ0) is 15.2. The van der Waals surface area contributed by atoms with Gasteiger partial charge in [-0.2, -0.15) is 0 Å². The van der Waals surface area contributed by atoms with Crippen LogP contribution in [0.25, 0.3) is 0 Å². The first kappa shape index (κ1) is 19.8. The summed E-state index contributed by atoms with van der Waals surface area (Å²) >= 11 is 3.51. The average molecular weight is 485 g/mol. The third-order valence-electron chi connectivity index (χ3n) is 3.64. The molecule has 0 saturated carbocycles. The first-order valence-electron chi connectivity index (χ1n) is 7.52. The van der Waals surface area contributed by atoms with Gasteiger partial charge >= 0.3 is 0 Å². The lowest BCUT2D eigenvalue weighted by Crippen LogP contribution is -2.39. The second-order valence-corrected chi connectivity index (χ2v) is 6.36. The van der Waals surface area contributed by atoms with Crippen molar-refractivity contribution in [3.05, 3.63) is 22.4 Å². The van der Waals surface area contributed by atoms with Gasteiger partial charge in [-0.3, -0.25) is 4.99 Å². The molecule has 1 aliphatic rings. The summed E-state index contributed by atoms with van der Waals surface area (Å²) in [7, 11) is 4.13. The molecule has 0 aliphatic carbocycles. The van der Waals surface area contributed by atoms with Crippen LogP contribution in [0, 0.1) is 0 Å². The molecule has 7 heteroatoms. The number of halogens is 2. The summed E-state index contributed by atoms with van der Waals surface area (Å²) in [4.78, 5) is 6.87. The van der Waals surface area contributed by atoms with Gasteiger partial charge in [0.25, 0.3) is 0 Å². The molecule has 5 nitrogen and oxygen atoms in total. The predicted molar refractivity (Wildman–Crippen MR) is 105 cm³/mol. The smallest absolute Gasteiger partial charge is 0.194 e. The third-order valence-corrected chi connectivity index (χ3v) is 4.07. The lowest BCUT2D eigenvalue weighted by Gasteiger charge is -2.22. The molecule has 1 saturated heterocycles. The fraction of sp³-hybridized carbons (Fsp3) is 0.667. The lowest BCUT2D eigenvalue weighted by atomic mass is 10.2. The summed E-state index contributed by atoms with van der Waals surface area (Å²) in [6.07, 6.45) is 4.64. The van der Waals surface area contributed by atoms with E-state index in [0.29, 0.717) is 0 Å². The largest absolute Gasteiger partial charge is 0.376 e. The van der Waals surface area contributed by atoms with Crippen LogP contribution in [0.1, 0.15) is 25.5 Å². The van der Waals surface area contributed by atoms with Crippen molar-refractivity contribution in [1.82, 2.24) is 14.8 Å². The number of hydrogen-bond donors (Lipinski definition) is 1. The third kappa shape index (κ3) is 5.73. The molecule has 126 valence electrons. The number of nitrogens with zero attached hydrogens (tertiary/aromatic N) is 3. The summed E-state index contributed by atoms with van der Waals surface area (Å²) in [5, 5.41) is 3.35. The van der Waals surface area contributed by atoms with Crippen molar-refractivity contribution in [2.24, 2.45) is 12.0 Å². The van der Waals surface area contributed by atoms with Crippen molar-refractivity contribution in [2.45, 2.75) is 32.4 Å².